The number of aromatic amines is 1. The number of rotatable bonds is 2. The van der Waals surface area contributed by atoms with Gasteiger partial charge in [-0.3, -0.25) is 5.32 Å². The van der Waals surface area contributed by atoms with Gasteiger partial charge in [-0.05, 0) is 24.1 Å². The number of nitrogens with one attached hydrogen (secondary N) is 2. The summed E-state index contributed by atoms with van der Waals surface area (Å²) in [6.45, 7) is 4.32. The number of aromatic nitrogens is 3. The molecule has 0 unspecified atom stereocenters. The molecular weight excluding hydrogens is 208 g/mol. The van der Waals surface area contributed by atoms with Crippen LogP contribution in [0.15, 0.2) is 18.2 Å². The molecule has 0 saturated carbocycles. The largest absolute Gasteiger partial charge is 0.449 e. The molecule has 2 aromatic rings. The van der Waals surface area contributed by atoms with E-state index in [2.05, 4.69) is 10.4 Å². The van der Waals surface area contributed by atoms with Crippen molar-refractivity contribution in [3.63, 3.8) is 0 Å². The van der Waals surface area contributed by atoms with Crippen molar-refractivity contribution >= 4 is 17.0 Å². The lowest BCUT2D eigenvalue weighted by Gasteiger charge is -2.00. The third-order valence-corrected chi connectivity index (χ3v) is 2.41. The van der Waals surface area contributed by atoms with Gasteiger partial charge >= 0.3 is 11.5 Å². The second-order valence-electron chi connectivity index (χ2n) is 3.54. The first-order chi connectivity index (χ1) is 7.65. The zero-order valence-electron chi connectivity index (χ0n) is 9.19. The van der Waals surface area contributed by atoms with E-state index in [9.17, 15) is 10.1 Å². The maximum absolute atomic E-state index is 11.7. The maximum atomic E-state index is 11.7. The smallest absolute Gasteiger partial charge is 0.371 e. The minimum atomic E-state index is 0.263. The number of hydrogen-bond acceptors (Lipinski definition) is 3. The number of benzene rings is 1. The second kappa shape index (κ2) is 3.80. The molecule has 6 heteroatoms. The number of fused-ring (bicyclic) bond motifs is 1. The summed E-state index contributed by atoms with van der Waals surface area (Å²) in [5.74, 6) is 0.263. The van der Waals surface area contributed by atoms with E-state index in [-0.39, 0.29) is 5.95 Å². The highest BCUT2D eigenvalue weighted by atomic mass is 16.5. The Kier molecular flexibility index (Phi) is 2.47. The number of H-pyrrole nitrogens is 1. The molecule has 0 spiro atoms. The van der Waals surface area contributed by atoms with Gasteiger partial charge in [0.05, 0.1) is 11.5 Å². The van der Waals surface area contributed by atoms with Crippen LogP contribution in [0.25, 0.3) is 11.0 Å². The van der Waals surface area contributed by atoms with Crippen LogP contribution in [0.4, 0.5) is 5.95 Å². The quantitative estimate of drug-likeness (QED) is 0.507. The molecule has 3 N–H and O–H groups in total. The topological polar surface area (TPSA) is 74.9 Å². The van der Waals surface area contributed by atoms with Crippen LogP contribution in [-0.4, -0.2) is 16.9 Å². The summed E-state index contributed by atoms with van der Waals surface area (Å²) < 4.78 is 1.59. The Morgan fingerprint density at radius 2 is 2.25 bits per heavy atom. The first-order valence-electron chi connectivity index (χ1n) is 5.08. The standard InChI is InChI=1S/C10H13N4O2/c1-3-11-10-12-14(16)8-6-4-5-7(2)9(8)13(10)15/h4-6,15H,3H2,1-2H3,(H,11,12,16)/q+1/p+1. The molecule has 0 aliphatic rings. The summed E-state index contributed by atoms with van der Waals surface area (Å²) in [6.07, 6.45) is 0. The fourth-order valence-electron chi connectivity index (χ4n) is 1.68. The summed E-state index contributed by atoms with van der Waals surface area (Å²) >= 11 is 0. The van der Waals surface area contributed by atoms with Crippen LogP contribution in [0.2, 0.25) is 0 Å². The maximum Gasteiger partial charge on any atom is 0.449 e. The van der Waals surface area contributed by atoms with E-state index in [1.165, 1.54) is 0 Å². The normalized spacial score (nSPS) is 10.6. The van der Waals surface area contributed by atoms with E-state index < -0.39 is 0 Å². The highest BCUT2D eigenvalue weighted by Gasteiger charge is 2.23. The van der Waals surface area contributed by atoms with Crippen LogP contribution in [-0.2, 0) is 0 Å². The molecule has 0 aliphatic carbocycles. The number of hydrogen-bond donors (Lipinski definition) is 3. The molecule has 1 aromatic heterocycles. The molecule has 84 valence electrons. The van der Waals surface area contributed by atoms with Crippen LogP contribution < -0.4 is 14.6 Å². The molecule has 0 bridgehead atoms. The average Bonchev–Trinajstić information content (AvgIpc) is 2.25. The monoisotopic (exact) mass is 222 g/mol. The van der Waals surface area contributed by atoms with Gasteiger partial charge in [-0.1, -0.05) is 12.1 Å². The lowest BCUT2D eigenvalue weighted by molar-refractivity contribution is -0.881. The predicted molar refractivity (Wildman–Crippen MR) is 57.9 cm³/mol. The van der Waals surface area contributed by atoms with Gasteiger partial charge in [0.1, 0.15) is 0 Å². The zero-order chi connectivity index (χ0) is 11.7. The average molecular weight is 222 g/mol. The molecule has 1 aromatic carbocycles. The number of para-hydroxylation sites is 1. The van der Waals surface area contributed by atoms with Gasteiger partial charge < -0.3 is 5.21 Å². The summed E-state index contributed by atoms with van der Waals surface area (Å²) in [5.41, 5.74) is 1.72. The Morgan fingerprint density at radius 3 is 2.94 bits per heavy atom. The van der Waals surface area contributed by atoms with Crippen LogP contribution in [0.5, 0.6) is 0 Å². The van der Waals surface area contributed by atoms with E-state index in [0.29, 0.717) is 22.1 Å². The van der Waals surface area contributed by atoms with Crippen molar-refractivity contribution in [3.05, 3.63) is 28.7 Å². The number of anilines is 1. The van der Waals surface area contributed by atoms with Gasteiger partial charge in [0.2, 0.25) is 10.1 Å². The van der Waals surface area contributed by atoms with E-state index in [4.69, 9.17) is 0 Å². The van der Waals surface area contributed by atoms with Crippen LogP contribution in [0.1, 0.15) is 12.5 Å². The Hall–Kier alpha value is -2.11. The molecule has 2 rings (SSSR count). The molecule has 0 fully saturated rings. The van der Waals surface area contributed by atoms with Gasteiger partial charge in [-0.2, -0.15) is 0 Å². The summed E-state index contributed by atoms with van der Waals surface area (Å²) in [4.78, 5) is 11.7. The van der Waals surface area contributed by atoms with E-state index >= 15 is 0 Å². The molecule has 6 nitrogen and oxygen atoms in total. The number of nitrogens with zero attached hydrogens (tertiary/aromatic N) is 2. The Labute approximate surface area is 91.7 Å². The summed E-state index contributed by atoms with van der Waals surface area (Å²) in [5, 5.41) is 15.3. The van der Waals surface area contributed by atoms with Crippen molar-refractivity contribution in [3.8, 4) is 0 Å². The zero-order valence-corrected chi connectivity index (χ0v) is 9.19. The number of aryl methyl sites for hydroxylation is 1. The predicted octanol–water partition coefficient (Wildman–Crippen LogP) is 0.347. The Bertz CT molecular complexity index is 591. The fraction of sp³-hybridized carbons (Fsp3) is 0.300. The van der Waals surface area contributed by atoms with Crippen molar-refractivity contribution < 1.29 is 14.5 Å². The van der Waals surface area contributed by atoms with E-state index in [1.807, 2.05) is 19.9 Å². The fourth-order valence-corrected chi connectivity index (χ4v) is 1.68. The lowest BCUT2D eigenvalue weighted by atomic mass is 10.2. The van der Waals surface area contributed by atoms with Crippen molar-refractivity contribution in [1.82, 2.24) is 5.10 Å². The van der Waals surface area contributed by atoms with Gasteiger partial charge in [-0.15, -0.1) is 0 Å². The molecular formula is C10H14N4O2+2. The summed E-state index contributed by atoms with van der Waals surface area (Å²) in [6, 6.07) is 5.26. The Balaban J connectivity index is 2.87. The van der Waals surface area contributed by atoms with E-state index in [1.54, 1.807) is 12.1 Å². The van der Waals surface area contributed by atoms with Crippen LogP contribution >= 0.6 is 0 Å². The molecule has 0 atom stereocenters. The first-order valence-corrected chi connectivity index (χ1v) is 5.08. The van der Waals surface area contributed by atoms with Crippen molar-refractivity contribution in [2.24, 2.45) is 0 Å². The molecule has 16 heavy (non-hydrogen) atoms. The second-order valence-corrected chi connectivity index (χ2v) is 3.54. The molecule has 0 amide bonds. The van der Waals surface area contributed by atoms with Crippen LogP contribution in [0, 0.1) is 11.8 Å². The molecule has 0 radical (unpaired) electrons. The van der Waals surface area contributed by atoms with Gasteiger partial charge in [-0.25, -0.2) is 0 Å². The summed E-state index contributed by atoms with van der Waals surface area (Å²) in [7, 11) is 0. The molecule has 0 aliphatic heterocycles. The third-order valence-electron chi connectivity index (χ3n) is 2.41. The first kappa shape index (κ1) is 10.4. The van der Waals surface area contributed by atoms with Crippen molar-refractivity contribution in [1.29, 1.82) is 0 Å². The minimum absolute atomic E-state index is 0.263. The molecule has 1 heterocycles. The van der Waals surface area contributed by atoms with Gasteiger partial charge in [0.15, 0.2) is 0 Å². The highest BCUT2D eigenvalue weighted by molar-refractivity contribution is 5.71. The minimum Gasteiger partial charge on any atom is -0.371 e. The van der Waals surface area contributed by atoms with Gasteiger partial charge in [0, 0.05) is 11.2 Å². The van der Waals surface area contributed by atoms with Gasteiger partial charge in [0.25, 0.3) is 0 Å². The highest BCUT2D eigenvalue weighted by Crippen LogP contribution is 2.10. The Morgan fingerprint density at radius 1 is 1.50 bits per heavy atom. The van der Waals surface area contributed by atoms with Crippen molar-refractivity contribution in [2.45, 2.75) is 13.8 Å². The third kappa shape index (κ3) is 1.48. The van der Waals surface area contributed by atoms with Crippen LogP contribution in [0.3, 0.4) is 0 Å². The lowest BCUT2D eigenvalue weighted by Crippen LogP contribution is -2.42. The van der Waals surface area contributed by atoms with Crippen molar-refractivity contribution in [2.75, 3.05) is 11.9 Å². The SMILES string of the molecule is CCNc1[nH][n+](=O)c2cccc(C)c2[n+]1O. The van der Waals surface area contributed by atoms with E-state index in [0.717, 1.165) is 10.3 Å². The molecule has 0 saturated heterocycles.